The molecule has 0 saturated carbocycles. The zero-order valence-electron chi connectivity index (χ0n) is 8.77. The molecular weight excluding hydrogens is 220 g/mol. The topological polar surface area (TPSA) is 46.3 Å². The molecule has 1 amide bonds. The molecule has 16 heavy (non-hydrogen) atoms. The van der Waals surface area contributed by atoms with Crippen molar-refractivity contribution >= 4 is 23.4 Å². The van der Waals surface area contributed by atoms with Crippen LogP contribution in [-0.2, 0) is 17.0 Å². The second kappa shape index (κ2) is 3.56. The second-order valence-electron chi connectivity index (χ2n) is 4.07. The molecule has 1 aromatic rings. The molecule has 0 saturated heterocycles. The lowest BCUT2D eigenvalue weighted by atomic mass is 9.96. The minimum Gasteiger partial charge on any atom is -0.366 e. The van der Waals surface area contributed by atoms with Crippen LogP contribution < -0.4 is 10.6 Å². The fraction of sp³-hybridized carbons (Fsp3) is 0.250. The SMILES string of the molecule is NC(=O)C1=CN2CSCc3cccc(c32)C1. The van der Waals surface area contributed by atoms with Crippen molar-refractivity contribution in [3.8, 4) is 0 Å². The van der Waals surface area contributed by atoms with Gasteiger partial charge >= 0.3 is 0 Å². The highest BCUT2D eigenvalue weighted by atomic mass is 32.2. The lowest BCUT2D eigenvalue weighted by Crippen LogP contribution is -2.29. The second-order valence-corrected chi connectivity index (χ2v) is 5.02. The summed E-state index contributed by atoms with van der Waals surface area (Å²) in [7, 11) is 0. The molecule has 0 spiro atoms. The van der Waals surface area contributed by atoms with Crippen LogP contribution in [0.4, 0.5) is 5.69 Å². The van der Waals surface area contributed by atoms with Crippen LogP contribution >= 0.6 is 11.8 Å². The molecule has 2 aliphatic heterocycles. The molecule has 0 atom stereocenters. The van der Waals surface area contributed by atoms with Crippen LogP contribution in [-0.4, -0.2) is 11.8 Å². The smallest absolute Gasteiger partial charge is 0.246 e. The van der Waals surface area contributed by atoms with E-state index in [4.69, 9.17) is 5.73 Å². The number of hydrogen-bond acceptors (Lipinski definition) is 3. The number of para-hydroxylation sites is 1. The van der Waals surface area contributed by atoms with Crippen molar-refractivity contribution < 1.29 is 4.79 Å². The van der Waals surface area contributed by atoms with Gasteiger partial charge in [0.2, 0.25) is 5.91 Å². The zero-order chi connectivity index (χ0) is 11.1. The standard InChI is InChI=1S/C12H12N2OS/c13-12(15)10-4-8-2-1-3-9-6-16-7-14(5-10)11(8)9/h1-3,5H,4,6-7H2,(H2,13,15). The quantitative estimate of drug-likeness (QED) is 0.800. The minimum atomic E-state index is -0.313. The van der Waals surface area contributed by atoms with Crippen molar-refractivity contribution in [3.05, 3.63) is 41.1 Å². The van der Waals surface area contributed by atoms with E-state index in [0.717, 1.165) is 11.6 Å². The highest BCUT2D eigenvalue weighted by Crippen LogP contribution is 2.38. The van der Waals surface area contributed by atoms with Gasteiger partial charge in [-0.05, 0) is 11.1 Å². The van der Waals surface area contributed by atoms with E-state index >= 15 is 0 Å². The Labute approximate surface area is 98.3 Å². The first kappa shape index (κ1) is 9.78. The van der Waals surface area contributed by atoms with Crippen LogP contribution in [0.3, 0.4) is 0 Å². The van der Waals surface area contributed by atoms with Crippen LogP contribution in [0.1, 0.15) is 11.1 Å². The Hall–Kier alpha value is -1.42. The van der Waals surface area contributed by atoms with E-state index in [9.17, 15) is 4.79 Å². The predicted molar refractivity (Wildman–Crippen MR) is 66.1 cm³/mol. The third kappa shape index (κ3) is 1.41. The van der Waals surface area contributed by atoms with E-state index in [1.54, 1.807) is 0 Å². The van der Waals surface area contributed by atoms with E-state index < -0.39 is 0 Å². The van der Waals surface area contributed by atoms with Crippen molar-refractivity contribution in [2.24, 2.45) is 5.73 Å². The van der Waals surface area contributed by atoms with Gasteiger partial charge in [0.1, 0.15) is 0 Å². The fourth-order valence-corrected chi connectivity index (χ4v) is 3.23. The Morgan fingerprint density at radius 1 is 1.38 bits per heavy atom. The molecule has 0 fully saturated rings. The van der Waals surface area contributed by atoms with E-state index in [-0.39, 0.29) is 5.91 Å². The average Bonchev–Trinajstić information content (AvgIpc) is 2.29. The van der Waals surface area contributed by atoms with E-state index in [2.05, 4.69) is 23.1 Å². The lowest BCUT2D eigenvalue weighted by Gasteiger charge is -2.33. The number of carbonyl (C=O) groups is 1. The fourth-order valence-electron chi connectivity index (χ4n) is 2.28. The van der Waals surface area contributed by atoms with Crippen LogP contribution in [0.5, 0.6) is 0 Å². The number of amides is 1. The lowest BCUT2D eigenvalue weighted by molar-refractivity contribution is -0.114. The van der Waals surface area contributed by atoms with Gasteiger partial charge in [0, 0.05) is 29.6 Å². The van der Waals surface area contributed by atoms with Crippen LogP contribution in [0, 0.1) is 0 Å². The van der Waals surface area contributed by atoms with Gasteiger partial charge in [0.05, 0.1) is 5.88 Å². The van der Waals surface area contributed by atoms with Crippen LogP contribution in [0.25, 0.3) is 0 Å². The molecule has 82 valence electrons. The van der Waals surface area contributed by atoms with E-state index in [1.165, 1.54) is 16.8 Å². The molecule has 0 bridgehead atoms. The molecule has 0 aromatic heterocycles. The summed E-state index contributed by atoms with van der Waals surface area (Å²) in [6, 6.07) is 6.29. The molecule has 0 aliphatic carbocycles. The van der Waals surface area contributed by atoms with Gasteiger partial charge in [-0.2, -0.15) is 0 Å². The number of primary amides is 1. The first-order valence-corrected chi connectivity index (χ1v) is 6.37. The van der Waals surface area contributed by atoms with Crippen LogP contribution in [0.15, 0.2) is 30.0 Å². The largest absolute Gasteiger partial charge is 0.366 e. The van der Waals surface area contributed by atoms with Crippen molar-refractivity contribution in [2.45, 2.75) is 12.2 Å². The number of nitrogens with two attached hydrogens (primary N) is 1. The summed E-state index contributed by atoms with van der Waals surface area (Å²) in [6.45, 7) is 0. The maximum absolute atomic E-state index is 11.2. The number of rotatable bonds is 1. The first-order chi connectivity index (χ1) is 7.75. The maximum atomic E-state index is 11.2. The van der Waals surface area contributed by atoms with Crippen molar-refractivity contribution in [1.29, 1.82) is 0 Å². The minimum absolute atomic E-state index is 0.313. The Balaban J connectivity index is 2.13. The molecule has 1 aromatic carbocycles. The molecule has 4 heteroatoms. The van der Waals surface area contributed by atoms with Gasteiger partial charge in [-0.25, -0.2) is 0 Å². The Morgan fingerprint density at radius 3 is 3.00 bits per heavy atom. The summed E-state index contributed by atoms with van der Waals surface area (Å²) in [5, 5.41) is 0. The molecule has 3 rings (SSSR count). The summed E-state index contributed by atoms with van der Waals surface area (Å²) in [5.41, 5.74) is 9.91. The summed E-state index contributed by atoms with van der Waals surface area (Å²) >= 11 is 1.86. The number of nitrogens with zero attached hydrogens (tertiary/aromatic N) is 1. The van der Waals surface area contributed by atoms with Crippen molar-refractivity contribution in [3.63, 3.8) is 0 Å². The molecule has 0 radical (unpaired) electrons. The van der Waals surface area contributed by atoms with Gasteiger partial charge < -0.3 is 10.6 Å². The third-order valence-corrected chi connectivity index (χ3v) is 3.96. The van der Waals surface area contributed by atoms with E-state index in [0.29, 0.717) is 12.0 Å². The van der Waals surface area contributed by atoms with Gasteiger partial charge in [-0.15, -0.1) is 11.8 Å². The molecule has 0 unspecified atom stereocenters. The van der Waals surface area contributed by atoms with Gasteiger partial charge in [0.25, 0.3) is 0 Å². The predicted octanol–water partition coefficient (Wildman–Crippen LogP) is 1.62. The van der Waals surface area contributed by atoms with E-state index in [1.807, 2.05) is 18.0 Å². The Morgan fingerprint density at radius 2 is 2.19 bits per heavy atom. The van der Waals surface area contributed by atoms with Gasteiger partial charge in [-0.1, -0.05) is 18.2 Å². The van der Waals surface area contributed by atoms with Crippen molar-refractivity contribution in [2.75, 3.05) is 10.8 Å². The highest BCUT2D eigenvalue weighted by molar-refractivity contribution is 7.98. The highest BCUT2D eigenvalue weighted by Gasteiger charge is 2.25. The third-order valence-electron chi connectivity index (χ3n) is 2.99. The molecule has 3 nitrogen and oxygen atoms in total. The molecule has 2 N–H and O–H groups in total. The molecular formula is C12H12N2OS. The molecule has 2 aliphatic rings. The molecule has 2 heterocycles. The zero-order valence-corrected chi connectivity index (χ0v) is 9.59. The number of carbonyl (C=O) groups excluding carboxylic acids is 1. The van der Waals surface area contributed by atoms with Crippen LogP contribution in [0.2, 0.25) is 0 Å². The maximum Gasteiger partial charge on any atom is 0.246 e. The number of hydrogen-bond donors (Lipinski definition) is 1. The summed E-state index contributed by atoms with van der Waals surface area (Å²) in [5.74, 6) is 1.65. The summed E-state index contributed by atoms with van der Waals surface area (Å²) in [6.07, 6.45) is 2.57. The normalized spacial score (nSPS) is 17.8. The number of thioether (sulfide) groups is 1. The van der Waals surface area contributed by atoms with Gasteiger partial charge in [0.15, 0.2) is 0 Å². The summed E-state index contributed by atoms with van der Waals surface area (Å²) < 4.78 is 0. The Kier molecular flexibility index (Phi) is 2.17. The van der Waals surface area contributed by atoms with Gasteiger partial charge in [-0.3, -0.25) is 4.79 Å². The number of anilines is 1. The summed E-state index contributed by atoms with van der Waals surface area (Å²) in [4.78, 5) is 13.4. The first-order valence-electron chi connectivity index (χ1n) is 5.21. The monoisotopic (exact) mass is 232 g/mol. The Bertz CT molecular complexity index is 496. The average molecular weight is 232 g/mol. The number of benzene rings is 1. The van der Waals surface area contributed by atoms with Crippen molar-refractivity contribution in [1.82, 2.24) is 0 Å².